The summed E-state index contributed by atoms with van der Waals surface area (Å²) >= 11 is 6.06. The van der Waals surface area contributed by atoms with Crippen LogP contribution in [0.5, 0.6) is 0 Å². The zero-order chi connectivity index (χ0) is 20.0. The average Bonchev–Trinajstić information content (AvgIpc) is 3.37. The summed E-state index contributed by atoms with van der Waals surface area (Å²) < 4.78 is 8.99. The van der Waals surface area contributed by atoms with Crippen molar-refractivity contribution in [2.24, 2.45) is 0 Å². The van der Waals surface area contributed by atoms with Crippen molar-refractivity contribution >= 4 is 28.2 Å². The van der Waals surface area contributed by atoms with Gasteiger partial charge in [0, 0.05) is 30.6 Å². The fourth-order valence-corrected chi connectivity index (χ4v) is 4.47. The van der Waals surface area contributed by atoms with Crippen molar-refractivity contribution in [3.8, 4) is 11.1 Å². The molecule has 0 atom stereocenters. The number of methoxy groups -OCH3 is 1. The molecule has 7 heteroatoms. The predicted molar refractivity (Wildman–Crippen MR) is 113 cm³/mol. The normalized spacial score (nSPS) is 15.0. The van der Waals surface area contributed by atoms with E-state index < -0.39 is 0 Å². The van der Waals surface area contributed by atoms with Gasteiger partial charge >= 0.3 is 0 Å². The molecule has 0 bridgehead atoms. The smallest absolute Gasteiger partial charge is 0.261 e. The molecule has 0 unspecified atom stereocenters. The van der Waals surface area contributed by atoms with Crippen molar-refractivity contribution in [2.45, 2.75) is 38.3 Å². The molecular formula is C22H21ClN4O2. The molecule has 148 valence electrons. The lowest BCUT2D eigenvalue weighted by atomic mass is 10.1. The molecule has 29 heavy (non-hydrogen) atoms. The first kappa shape index (κ1) is 18.3. The largest absolute Gasteiger partial charge is 0.378 e. The molecular weight excluding hydrogens is 388 g/mol. The lowest BCUT2D eigenvalue weighted by Gasteiger charge is -2.14. The van der Waals surface area contributed by atoms with Crippen LogP contribution in [-0.2, 0) is 11.3 Å². The van der Waals surface area contributed by atoms with Gasteiger partial charge in [-0.2, -0.15) is 5.10 Å². The minimum atomic E-state index is 0.000587. The van der Waals surface area contributed by atoms with E-state index in [1.54, 1.807) is 17.8 Å². The quantitative estimate of drug-likeness (QED) is 0.494. The maximum atomic E-state index is 13.1. The standard InChI is InChI=1S/C22H21ClN4O2/c1-29-13-18-20(14-6-8-15(23)9-7-14)21-24-12-17-19(27(21)25-18)10-11-26(22(17)28)16-4-2-3-5-16/h6-12,16H,2-5,13H2,1H3. The number of nitrogens with zero attached hydrogens (tertiary/aromatic N) is 4. The van der Waals surface area contributed by atoms with Crippen LogP contribution in [-0.4, -0.2) is 26.3 Å². The van der Waals surface area contributed by atoms with Gasteiger partial charge in [-0.05, 0) is 36.6 Å². The Labute approximate surface area is 172 Å². The molecule has 5 rings (SSSR count). The minimum absolute atomic E-state index is 0.000587. The van der Waals surface area contributed by atoms with Crippen molar-refractivity contribution in [1.82, 2.24) is 19.2 Å². The Morgan fingerprint density at radius 1 is 1.17 bits per heavy atom. The van der Waals surface area contributed by atoms with E-state index in [-0.39, 0.29) is 11.6 Å². The second-order valence-corrected chi connectivity index (χ2v) is 7.96. The first-order valence-electron chi connectivity index (χ1n) is 9.83. The van der Waals surface area contributed by atoms with Crippen LogP contribution in [0.4, 0.5) is 0 Å². The van der Waals surface area contributed by atoms with Crippen LogP contribution in [0.15, 0.2) is 47.5 Å². The van der Waals surface area contributed by atoms with E-state index in [9.17, 15) is 4.79 Å². The third-order valence-electron chi connectivity index (χ3n) is 5.74. The van der Waals surface area contributed by atoms with Crippen molar-refractivity contribution in [1.29, 1.82) is 0 Å². The molecule has 3 heterocycles. The summed E-state index contributed by atoms with van der Waals surface area (Å²) in [5, 5.41) is 6.00. The summed E-state index contributed by atoms with van der Waals surface area (Å²) in [4.78, 5) is 17.8. The second kappa shape index (κ2) is 7.28. The maximum absolute atomic E-state index is 13.1. The lowest BCUT2D eigenvalue weighted by molar-refractivity contribution is 0.181. The molecule has 0 amide bonds. The zero-order valence-electron chi connectivity index (χ0n) is 16.1. The molecule has 3 aromatic heterocycles. The van der Waals surface area contributed by atoms with Gasteiger partial charge in [-0.1, -0.05) is 36.6 Å². The van der Waals surface area contributed by atoms with Gasteiger partial charge in [0.25, 0.3) is 5.56 Å². The van der Waals surface area contributed by atoms with E-state index in [0.717, 1.165) is 35.2 Å². The van der Waals surface area contributed by atoms with Gasteiger partial charge < -0.3 is 9.30 Å². The van der Waals surface area contributed by atoms with E-state index in [2.05, 4.69) is 4.98 Å². The molecule has 4 aromatic rings. The number of hydrogen-bond acceptors (Lipinski definition) is 4. The number of pyridine rings is 1. The first-order chi connectivity index (χ1) is 14.2. The summed E-state index contributed by atoms with van der Waals surface area (Å²) in [5.41, 5.74) is 4.08. The molecule has 0 radical (unpaired) electrons. The van der Waals surface area contributed by atoms with E-state index in [0.29, 0.717) is 22.7 Å². The molecule has 1 aliphatic carbocycles. The number of benzene rings is 1. The Morgan fingerprint density at radius 3 is 2.66 bits per heavy atom. The number of rotatable bonds is 4. The Kier molecular flexibility index (Phi) is 4.60. The Bertz CT molecular complexity index is 1250. The highest BCUT2D eigenvalue weighted by molar-refractivity contribution is 6.30. The molecule has 1 saturated carbocycles. The van der Waals surface area contributed by atoms with Crippen LogP contribution in [0.25, 0.3) is 27.7 Å². The van der Waals surface area contributed by atoms with Crippen LogP contribution in [0, 0.1) is 0 Å². The van der Waals surface area contributed by atoms with Gasteiger partial charge in [0.2, 0.25) is 0 Å². The van der Waals surface area contributed by atoms with Crippen LogP contribution >= 0.6 is 11.6 Å². The van der Waals surface area contributed by atoms with Gasteiger partial charge in [-0.15, -0.1) is 0 Å². The van der Waals surface area contributed by atoms with Crippen LogP contribution < -0.4 is 5.56 Å². The number of hydrogen-bond donors (Lipinski definition) is 0. The predicted octanol–water partition coefficient (Wildman–Crippen LogP) is 4.63. The first-order valence-corrected chi connectivity index (χ1v) is 10.2. The Balaban J connectivity index is 1.75. The summed E-state index contributed by atoms with van der Waals surface area (Å²) in [7, 11) is 1.64. The van der Waals surface area contributed by atoms with Gasteiger partial charge in [-0.3, -0.25) is 4.79 Å². The highest BCUT2D eigenvalue weighted by atomic mass is 35.5. The topological polar surface area (TPSA) is 61.4 Å². The molecule has 6 nitrogen and oxygen atoms in total. The highest BCUT2D eigenvalue weighted by Gasteiger charge is 2.21. The molecule has 0 spiro atoms. The summed E-state index contributed by atoms with van der Waals surface area (Å²) in [6.07, 6.45) is 8.05. The fourth-order valence-electron chi connectivity index (χ4n) is 4.35. The van der Waals surface area contributed by atoms with Gasteiger partial charge in [0.05, 0.1) is 28.8 Å². The third kappa shape index (κ3) is 3.03. The van der Waals surface area contributed by atoms with E-state index in [1.807, 2.05) is 41.1 Å². The van der Waals surface area contributed by atoms with Crippen molar-refractivity contribution < 1.29 is 4.74 Å². The number of ether oxygens (including phenoxy) is 1. The molecule has 1 fully saturated rings. The molecule has 1 aliphatic rings. The van der Waals surface area contributed by atoms with Gasteiger partial charge in [0.1, 0.15) is 0 Å². The Morgan fingerprint density at radius 2 is 1.93 bits per heavy atom. The maximum Gasteiger partial charge on any atom is 0.261 e. The van der Waals surface area contributed by atoms with Crippen LogP contribution in [0.1, 0.15) is 37.4 Å². The van der Waals surface area contributed by atoms with E-state index in [1.165, 1.54) is 12.8 Å². The molecule has 0 N–H and O–H groups in total. The fraction of sp³-hybridized carbons (Fsp3) is 0.318. The van der Waals surface area contributed by atoms with Crippen molar-refractivity contribution in [3.63, 3.8) is 0 Å². The average molecular weight is 409 g/mol. The number of fused-ring (bicyclic) bond motifs is 3. The molecule has 0 saturated heterocycles. The summed E-state index contributed by atoms with van der Waals surface area (Å²) in [6, 6.07) is 9.84. The monoisotopic (exact) mass is 408 g/mol. The number of aromatic nitrogens is 4. The summed E-state index contributed by atoms with van der Waals surface area (Å²) in [5.74, 6) is 0. The van der Waals surface area contributed by atoms with Crippen molar-refractivity contribution in [3.05, 3.63) is 63.8 Å². The Hall–Kier alpha value is -2.70. The van der Waals surface area contributed by atoms with Gasteiger partial charge in [0.15, 0.2) is 5.65 Å². The SMILES string of the molecule is COCc1nn2c(ncc3c(=O)n(C4CCCC4)ccc32)c1-c1ccc(Cl)cc1. The van der Waals surface area contributed by atoms with Gasteiger partial charge in [-0.25, -0.2) is 9.50 Å². The summed E-state index contributed by atoms with van der Waals surface area (Å²) in [6.45, 7) is 0.349. The van der Waals surface area contributed by atoms with Crippen LogP contribution in [0.3, 0.4) is 0 Å². The highest BCUT2D eigenvalue weighted by Crippen LogP contribution is 2.31. The van der Waals surface area contributed by atoms with E-state index >= 15 is 0 Å². The van der Waals surface area contributed by atoms with Crippen LogP contribution in [0.2, 0.25) is 5.02 Å². The zero-order valence-corrected chi connectivity index (χ0v) is 16.9. The lowest BCUT2D eigenvalue weighted by Crippen LogP contribution is -2.23. The molecule has 1 aromatic carbocycles. The third-order valence-corrected chi connectivity index (χ3v) is 6.00. The van der Waals surface area contributed by atoms with E-state index in [4.69, 9.17) is 21.4 Å². The van der Waals surface area contributed by atoms with Crippen molar-refractivity contribution in [2.75, 3.05) is 7.11 Å². The molecule has 0 aliphatic heterocycles. The number of halogens is 1. The second-order valence-electron chi connectivity index (χ2n) is 7.52. The minimum Gasteiger partial charge on any atom is -0.378 e.